The van der Waals surface area contributed by atoms with E-state index in [0.717, 1.165) is 11.8 Å². The van der Waals surface area contributed by atoms with E-state index in [1.807, 2.05) is 0 Å². The molecule has 0 aromatic heterocycles. The molecule has 0 aliphatic carbocycles. The minimum Gasteiger partial charge on any atom is -0.389 e. The second-order valence-corrected chi connectivity index (χ2v) is 10.6. The van der Waals surface area contributed by atoms with Crippen molar-refractivity contribution in [3.8, 4) is 0 Å². The Kier molecular flexibility index (Phi) is 7.38. The molecule has 3 heterocycles. The molecule has 0 bridgehead atoms. The zero-order valence-corrected chi connectivity index (χ0v) is 21.9. The standard InChI is InChI=1S/C25H23F9N4O4/c1-22(2,24(30,31)25(32,33)34)36-21(42)11-7-38(18-13(27)4-10(26)5-14(18)28)23(3)12(19(11)41)6-15(29)20(35-23)37-8-16(39)17(40)9-37/h4-7,16-17,35,39-40H,8-9H2,1-3H3,(H,36,42)/t16-,17-,23?/m1/s1. The van der Waals surface area contributed by atoms with Crippen molar-refractivity contribution in [2.45, 2.75) is 56.3 Å². The van der Waals surface area contributed by atoms with Gasteiger partial charge in [0.25, 0.3) is 5.91 Å². The quantitative estimate of drug-likeness (QED) is 0.299. The monoisotopic (exact) mass is 614 g/mol. The van der Waals surface area contributed by atoms with Crippen LogP contribution in [0.15, 0.2) is 47.2 Å². The van der Waals surface area contributed by atoms with Gasteiger partial charge in [-0.05, 0) is 26.8 Å². The molecule has 0 saturated carbocycles. The average molecular weight is 614 g/mol. The molecule has 3 atom stereocenters. The van der Waals surface area contributed by atoms with Crippen molar-refractivity contribution in [2.24, 2.45) is 0 Å². The number of nitrogens with one attached hydrogen (secondary N) is 2. The third kappa shape index (κ3) is 4.87. The predicted octanol–water partition coefficient (Wildman–Crippen LogP) is 2.89. The third-order valence-corrected chi connectivity index (χ3v) is 7.22. The molecule has 4 N–H and O–H groups in total. The number of carbonyl (C=O) groups excluding carboxylic acids is 2. The van der Waals surface area contributed by atoms with E-state index < -0.39 is 93.1 Å². The maximum Gasteiger partial charge on any atom is 0.455 e. The number of hydrogen-bond acceptors (Lipinski definition) is 7. The molecular weight excluding hydrogens is 591 g/mol. The number of anilines is 1. The number of aliphatic hydroxyl groups excluding tert-OH is 2. The lowest BCUT2D eigenvalue weighted by molar-refractivity contribution is -0.306. The van der Waals surface area contributed by atoms with Gasteiger partial charge in [0, 0.05) is 37.0 Å². The topological polar surface area (TPSA) is 105 Å². The molecule has 4 rings (SSSR count). The highest BCUT2D eigenvalue weighted by atomic mass is 19.4. The van der Waals surface area contributed by atoms with Gasteiger partial charge in [0.2, 0.25) is 0 Å². The van der Waals surface area contributed by atoms with Crippen molar-refractivity contribution < 1.29 is 59.3 Å². The molecule has 1 unspecified atom stereocenters. The second kappa shape index (κ2) is 9.93. The Bertz CT molecular complexity index is 1410. The van der Waals surface area contributed by atoms with E-state index in [-0.39, 0.29) is 25.2 Å². The number of benzene rings is 1. The molecule has 0 radical (unpaired) electrons. The number of nitrogens with zero attached hydrogens (tertiary/aromatic N) is 2. The van der Waals surface area contributed by atoms with E-state index in [9.17, 15) is 46.1 Å². The Balaban J connectivity index is 1.87. The molecule has 42 heavy (non-hydrogen) atoms. The van der Waals surface area contributed by atoms with Gasteiger partial charge in [-0.15, -0.1) is 0 Å². The lowest BCUT2D eigenvalue weighted by Gasteiger charge is -2.49. The summed E-state index contributed by atoms with van der Waals surface area (Å²) in [6.07, 6.45) is -7.80. The minimum atomic E-state index is -6.13. The van der Waals surface area contributed by atoms with Crippen LogP contribution >= 0.6 is 0 Å². The summed E-state index contributed by atoms with van der Waals surface area (Å²) in [6.45, 7) is 1.08. The normalized spacial score (nSPS) is 25.2. The van der Waals surface area contributed by atoms with E-state index in [1.54, 1.807) is 0 Å². The molecule has 1 aromatic rings. The van der Waals surface area contributed by atoms with Gasteiger partial charge in [-0.1, -0.05) is 0 Å². The minimum absolute atomic E-state index is 0.232. The molecule has 1 amide bonds. The lowest BCUT2D eigenvalue weighted by Crippen LogP contribution is -2.65. The van der Waals surface area contributed by atoms with Crippen molar-refractivity contribution in [3.63, 3.8) is 0 Å². The number of dihydropyridines is 1. The SMILES string of the molecule is CC12NC(N3C[C@@H](O)[C@H](O)C3)=C(F)C=C1C(=O)C(C(=O)NC(C)(C)C(F)(F)C(F)(F)F)=CN2c1c(F)cc(F)cc1F. The fraction of sp³-hybridized carbons (Fsp3) is 0.440. The Morgan fingerprint density at radius 3 is 2.05 bits per heavy atom. The van der Waals surface area contributed by atoms with Crippen LogP contribution in [0.5, 0.6) is 0 Å². The van der Waals surface area contributed by atoms with Crippen LogP contribution in [0.3, 0.4) is 0 Å². The van der Waals surface area contributed by atoms with Gasteiger partial charge in [-0.25, -0.2) is 17.6 Å². The van der Waals surface area contributed by atoms with Crippen LogP contribution in [-0.2, 0) is 9.59 Å². The molecular formula is C25H23F9N4O4. The maximum absolute atomic E-state index is 15.3. The van der Waals surface area contributed by atoms with Crippen molar-refractivity contribution in [3.05, 3.63) is 64.7 Å². The van der Waals surface area contributed by atoms with Gasteiger partial charge in [0.05, 0.1) is 12.2 Å². The van der Waals surface area contributed by atoms with E-state index in [4.69, 9.17) is 0 Å². The van der Waals surface area contributed by atoms with Crippen LogP contribution in [0.25, 0.3) is 0 Å². The number of β-amino-alcohol motifs (C(OH)–C–C–N with tert-alkyl or cyclic N) is 2. The van der Waals surface area contributed by atoms with Crippen molar-refractivity contribution in [1.29, 1.82) is 0 Å². The highest BCUT2D eigenvalue weighted by Crippen LogP contribution is 2.45. The number of hydrogen-bond donors (Lipinski definition) is 4. The second-order valence-electron chi connectivity index (χ2n) is 10.6. The van der Waals surface area contributed by atoms with Crippen LogP contribution in [0, 0.1) is 17.5 Å². The first-order valence-corrected chi connectivity index (χ1v) is 12.1. The number of allylic oxidation sites excluding steroid dienone is 2. The fourth-order valence-electron chi connectivity index (χ4n) is 4.81. The highest BCUT2D eigenvalue weighted by molar-refractivity contribution is 6.27. The van der Waals surface area contributed by atoms with Crippen LogP contribution < -0.4 is 15.5 Å². The highest BCUT2D eigenvalue weighted by Gasteiger charge is 2.67. The molecule has 0 spiro atoms. The number of alkyl halides is 5. The summed E-state index contributed by atoms with van der Waals surface area (Å²) in [6, 6.07) is 0.463. The number of Topliss-reactive ketones (excluding diaryl/α,β-unsaturated/α-hetero) is 1. The number of rotatable bonds is 5. The first kappa shape index (κ1) is 31.2. The number of aliphatic hydroxyl groups is 2. The van der Waals surface area contributed by atoms with E-state index >= 15 is 13.2 Å². The predicted molar refractivity (Wildman–Crippen MR) is 126 cm³/mol. The lowest BCUT2D eigenvalue weighted by atomic mass is 9.84. The summed E-state index contributed by atoms with van der Waals surface area (Å²) in [4.78, 5) is 28.1. The van der Waals surface area contributed by atoms with Gasteiger partial charge in [-0.3, -0.25) is 9.59 Å². The summed E-state index contributed by atoms with van der Waals surface area (Å²) in [5.41, 5.74) is -8.62. The molecule has 3 aliphatic heterocycles. The third-order valence-electron chi connectivity index (χ3n) is 7.22. The van der Waals surface area contributed by atoms with Gasteiger partial charge in [0.15, 0.2) is 23.2 Å². The van der Waals surface area contributed by atoms with Crippen LogP contribution in [0.4, 0.5) is 45.2 Å². The van der Waals surface area contributed by atoms with Crippen LogP contribution in [0.2, 0.25) is 0 Å². The number of amides is 1. The number of likely N-dealkylation sites (tertiary alicyclic amines) is 1. The Hall–Kier alpha value is -3.73. The number of carbonyl (C=O) groups is 2. The first-order valence-electron chi connectivity index (χ1n) is 12.1. The number of ketones is 1. The molecule has 17 heteroatoms. The smallest absolute Gasteiger partial charge is 0.389 e. The molecule has 1 aromatic carbocycles. The van der Waals surface area contributed by atoms with E-state index in [0.29, 0.717) is 31.0 Å². The fourth-order valence-corrected chi connectivity index (χ4v) is 4.81. The van der Waals surface area contributed by atoms with Crippen molar-refractivity contribution in [2.75, 3.05) is 18.0 Å². The molecule has 1 saturated heterocycles. The summed E-state index contributed by atoms with van der Waals surface area (Å²) < 4.78 is 126. The van der Waals surface area contributed by atoms with Crippen molar-refractivity contribution in [1.82, 2.24) is 15.5 Å². The van der Waals surface area contributed by atoms with E-state index in [2.05, 4.69) is 5.32 Å². The Morgan fingerprint density at radius 2 is 1.55 bits per heavy atom. The van der Waals surface area contributed by atoms with Gasteiger partial charge >= 0.3 is 12.1 Å². The maximum atomic E-state index is 15.3. The van der Waals surface area contributed by atoms with E-state index in [1.165, 1.54) is 5.32 Å². The number of halogens is 9. The zero-order valence-electron chi connectivity index (χ0n) is 21.9. The summed E-state index contributed by atoms with van der Waals surface area (Å²) in [5.74, 6) is -15.0. The Morgan fingerprint density at radius 1 is 1.02 bits per heavy atom. The largest absolute Gasteiger partial charge is 0.455 e. The molecule has 230 valence electrons. The number of fused-ring (bicyclic) bond motifs is 1. The summed E-state index contributed by atoms with van der Waals surface area (Å²) in [5, 5.41) is 23.7. The van der Waals surface area contributed by atoms with Crippen molar-refractivity contribution >= 4 is 17.4 Å². The van der Waals surface area contributed by atoms with Gasteiger partial charge in [0.1, 0.15) is 34.1 Å². The summed E-state index contributed by atoms with van der Waals surface area (Å²) >= 11 is 0. The molecule has 3 aliphatic rings. The first-order chi connectivity index (χ1) is 19.1. The van der Waals surface area contributed by atoms with Crippen LogP contribution in [0.1, 0.15) is 20.8 Å². The summed E-state index contributed by atoms with van der Waals surface area (Å²) in [7, 11) is 0. The van der Waals surface area contributed by atoms with Crippen LogP contribution in [-0.4, -0.2) is 75.4 Å². The molecule has 8 nitrogen and oxygen atoms in total. The van der Waals surface area contributed by atoms with Gasteiger partial charge < -0.3 is 30.6 Å². The van der Waals surface area contributed by atoms with Gasteiger partial charge in [-0.2, -0.15) is 22.0 Å². The molecule has 1 fully saturated rings. The zero-order chi connectivity index (χ0) is 31.7. The Labute approximate surface area is 231 Å². The average Bonchev–Trinajstić information content (AvgIpc) is 3.17.